The van der Waals surface area contributed by atoms with E-state index in [2.05, 4.69) is 17.1 Å². The summed E-state index contributed by atoms with van der Waals surface area (Å²) in [5, 5.41) is 3.73. The monoisotopic (exact) mass is 282 g/mol. The number of likely N-dealkylation sites (N-methyl/N-ethyl adjacent to an activating group) is 1. The highest BCUT2D eigenvalue weighted by molar-refractivity contribution is 6.31. The molecule has 0 bridgehead atoms. The van der Waals surface area contributed by atoms with Gasteiger partial charge in [-0.15, -0.1) is 0 Å². The summed E-state index contributed by atoms with van der Waals surface area (Å²) in [6.45, 7) is 2.67. The molecule has 0 aliphatic heterocycles. The number of nitrogens with one attached hydrogen (secondary N) is 1. The molecule has 1 amide bonds. The number of hydrogen-bond acceptors (Lipinski definition) is 2. The molecule has 0 saturated heterocycles. The maximum atomic E-state index is 11.7. The third kappa shape index (κ3) is 5.21. The first-order chi connectivity index (χ1) is 9.06. The summed E-state index contributed by atoms with van der Waals surface area (Å²) in [6.07, 6.45) is 2.57. The van der Waals surface area contributed by atoms with Crippen molar-refractivity contribution in [2.75, 3.05) is 20.6 Å². The Hall–Kier alpha value is -1.06. The molecular formula is C15H23ClN2O. The fraction of sp³-hybridized carbons (Fsp3) is 0.533. The molecule has 0 radical (unpaired) electrons. The number of unbranched alkanes of at least 4 members (excludes halogenated alkanes) is 1. The highest BCUT2D eigenvalue weighted by Gasteiger charge is 2.17. The van der Waals surface area contributed by atoms with Gasteiger partial charge in [0, 0.05) is 18.0 Å². The van der Waals surface area contributed by atoms with Gasteiger partial charge in [0.1, 0.15) is 0 Å². The van der Waals surface area contributed by atoms with E-state index in [9.17, 15) is 4.79 Å². The van der Waals surface area contributed by atoms with Gasteiger partial charge in [-0.1, -0.05) is 43.1 Å². The summed E-state index contributed by atoms with van der Waals surface area (Å²) in [5.74, 6) is 0.112. The smallest absolute Gasteiger partial charge is 0.220 e. The van der Waals surface area contributed by atoms with Crippen molar-refractivity contribution in [3.05, 3.63) is 34.9 Å². The fourth-order valence-electron chi connectivity index (χ4n) is 1.95. The highest BCUT2D eigenvalue weighted by atomic mass is 35.5. The number of benzene rings is 1. The molecule has 0 fully saturated rings. The van der Waals surface area contributed by atoms with Crippen LogP contribution in [0.1, 0.15) is 37.8 Å². The van der Waals surface area contributed by atoms with E-state index in [4.69, 9.17) is 11.6 Å². The first-order valence-electron chi connectivity index (χ1n) is 6.73. The SMILES string of the molecule is CCCCC(=O)NCC(c1ccccc1Cl)N(C)C. The third-order valence-corrected chi connectivity index (χ3v) is 3.48. The van der Waals surface area contributed by atoms with Crippen LogP contribution in [0, 0.1) is 0 Å². The van der Waals surface area contributed by atoms with Crippen molar-refractivity contribution in [1.29, 1.82) is 0 Å². The molecule has 1 aromatic carbocycles. The first-order valence-corrected chi connectivity index (χ1v) is 7.11. The maximum absolute atomic E-state index is 11.7. The molecule has 0 aliphatic carbocycles. The van der Waals surface area contributed by atoms with Gasteiger partial charge in [0.15, 0.2) is 0 Å². The zero-order valence-electron chi connectivity index (χ0n) is 11.9. The summed E-state index contributed by atoms with van der Waals surface area (Å²) in [7, 11) is 3.98. The highest BCUT2D eigenvalue weighted by Crippen LogP contribution is 2.25. The van der Waals surface area contributed by atoms with E-state index in [1.807, 2.05) is 38.4 Å². The van der Waals surface area contributed by atoms with Crippen molar-refractivity contribution < 1.29 is 4.79 Å². The van der Waals surface area contributed by atoms with E-state index in [-0.39, 0.29) is 11.9 Å². The van der Waals surface area contributed by atoms with Crippen LogP contribution in [-0.4, -0.2) is 31.4 Å². The summed E-state index contributed by atoms with van der Waals surface area (Å²) in [6, 6.07) is 7.87. The van der Waals surface area contributed by atoms with Crippen molar-refractivity contribution in [3.8, 4) is 0 Å². The molecule has 0 aliphatic rings. The molecule has 1 rings (SSSR count). The van der Waals surface area contributed by atoms with E-state index in [1.165, 1.54) is 0 Å². The van der Waals surface area contributed by atoms with Crippen LogP contribution >= 0.6 is 11.6 Å². The molecule has 19 heavy (non-hydrogen) atoms. The van der Waals surface area contributed by atoms with Gasteiger partial charge in [0.25, 0.3) is 0 Å². The molecule has 4 heteroatoms. The van der Waals surface area contributed by atoms with E-state index in [0.717, 1.165) is 23.4 Å². The van der Waals surface area contributed by atoms with Crippen molar-refractivity contribution in [3.63, 3.8) is 0 Å². The molecule has 3 nitrogen and oxygen atoms in total. The summed E-state index contributed by atoms with van der Waals surface area (Å²) < 4.78 is 0. The first kappa shape index (κ1) is 16.0. The Morgan fingerprint density at radius 2 is 2.05 bits per heavy atom. The molecule has 0 saturated carbocycles. The van der Waals surface area contributed by atoms with Crippen LogP contribution in [0.5, 0.6) is 0 Å². The normalized spacial score (nSPS) is 12.5. The summed E-state index contributed by atoms with van der Waals surface area (Å²) in [4.78, 5) is 13.8. The van der Waals surface area contributed by atoms with E-state index in [1.54, 1.807) is 0 Å². The average Bonchev–Trinajstić information content (AvgIpc) is 2.38. The van der Waals surface area contributed by atoms with E-state index < -0.39 is 0 Å². The Morgan fingerprint density at radius 1 is 1.37 bits per heavy atom. The Kier molecular flexibility index (Phi) is 6.89. The van der Waals surface area contributed by atoms with Crippen molar-refractivity contribution in [2.24, 2.45) is 0 Å². The van der Waals surface area contributed by atoms with Crippen LogP contribution in [0.3, 0.4) is 0 Å². The van der Waals surface area contributed by atoms with Crippen LogP contribution in [0.2, 0.25) is 5.02 Å². The number of nitrogens with zero attached hydrogens (tertiary/aromatic N) is 1. The minimum atomic E-state index is 0.0966. The summed E-state index contributed by atoms with van der Waals surface area (Å²) >= 11 is 6.22. The van der Waals surface area contributed by atoms with Gasteiger partial charge in [-0.2, -0.15) is 0 Å². The second-order valence-corrected chi connectivity index (χ2v) is 5.32. The molecule has 0 heterocycles. The van der Waals surface area contributed by atoms with Gasteiger partial charge >= 0.3 is 0 Å². The van der Waals surface area contributed by atoms with E-state index in [0.29, 0.717) is 13.0 Å². The number of carbonyl (C=O) groups is 1. The number of carbonyl (C=O) groups excluding carboxylic acids is 1. The molecule has 1 aromatic rings. The van der Waals surface area contributed by atoms with Gasteiger partial charge in [0.2, 0.25) is 5.91 Å². The van der Waals surface area contributed by atoms with Gasteiger partial charge in [-0.25, -0.2) is 0 Å². The zero-order valence-corrected chi connectivity index (χ0v) is 12.7. The number of amides is 1. The lowest BCUT2D eigenvalue weighted by Gasteiger charge is -2.26. The zero-order chi connectivity index (χ0) is 14.3. The molecule has 0 spiro atoms. The molecule has 1 atom stereocenters. The number of halogens is 1. The lowest BCUT2D eigenvalue weighted by atomic mass is 10.1. The number of rotatable bonds is 7. The van der Waals surface area contributed by atoms with Crippen LogP contribution in [0.15, 0.2) is 24.3 Å². The predicted octanol–water partition coefficient (Wildman–Crippen LogP) is 3.25. The Bertz CT molecular complexity index is 407. The Morgan fingerprint density at radius 3 is 2.63 bits per heavy atom. The lowest BCUT2D eigenvalue weighted by molar-refractivity contribution is -0.121. The van der Waals surface area contributed by atoms with Crippen molar-refractivity contribution >= 4 is 17.5 Å². The Balaban J connectivity index is 2.64. The summed E-state index contributed by atoms with van der Waals surface area (Å²) in [5.41, 5.74) is 1.05. The van der Waals surface area contributed by atoms with Crippen LogP contribution in [-0.2, 0) is 4.79 Å². The van der Waals surface area contributed by atoms with Gasteiger partial charge < -0.3 is 10.2 Å². The molecule has 1 N–H and O–H groups in total. The molecule has 1 unspecified atom stereocenters. The second-order valence-electron chi connectivity index (χ2n) is 4.91. The lowest BCUT2D eigenvalue weighted by Crippen LogP contribution is -2.34. The maximum Gasteiger partial charge on any atom is 0.220 e. The fourth-order valence-corrected chi connectivity index (χ4v) is 2.21. The van der Waals surface area contributed by atoms with Crippen molar-refractivity contribution in [1.82, 2.24) is 10.2 Å². The largest absolute Gasteiger partial charge is 0.354 e. The van der Waals surface area contributed by atoms with E-state index >= 15 is 0 Å². The van der Waals surface area contributed by atoms with Gasteiger partial charge in [-0.05, 0) is 32.1 Å². The van der Waals surface area contributed by atoms with Crippen LogP contribution in [0.4, 0.5) is 0 Å². The van der Waals surface area contributed by atoms with Crippen LogP contribution < -0.4 is 5.32 Å². The van der Waals surface area contributed by atoms with Gasteiger partial charge in [-0.3, -0.25) is 4.79 Å². The minimum absolute atomic E-state index is 0.0966. The average molecular weight is 283 g/mol. The van der Waals surface area contributed by atoms with Crippen LogP contribution in [0.25, 0.3) is 0 Å². The third-order valence-electron chi connectivity index (χ3n) is 3.14. The number of hydrogen-bond donors (Lipinski definition) is 1. The standard InChI is InChI=1S/C15H23ClN2O/c1-4-5-10-15(19)17-11-14(18(2)3)12-8-6-7-9-13(12)16/h6-9,14H,4-5,10-11H2,1-3H3,(H,17,19). The Labute approximate surface area is 120 Å². The molecule has 106 valence electrons. The predicted molar refractivity (Wildman–Crippen MR) is 80.4 cm³/mol. The second kappa shape index (κ2) is 8.18. The molecule has 0 aromatic heterocycles. The molecular weight excluding hydrogens is 260 g/mol. The quantitative estimate of drug-likeness (QED) is 0.833. The van der Waals surface area contributed by atoms with Crippen molar-refractivity contribution in [2.45, 2.75) is 32.2 Å². The minimum Gasteiger partial charge on any atom is -0.354 e. The topological polar surface area (TPSA) is 32.3 Å². The van der Waals surface area contributed by atoms with Gasteiger partial charge in [0.05, 0.1) is 6.04 Å².